The summed E-state index contributed by atoms with van der Waals surface area (Å²) in [5, 5.41) is 0.983. The minimum Gasteiger partial charge on any atom is -0.494 e. The molecule has 1 aliphatic rings. The number of benzene rings is 1. The van der Waals surface area contributed by atoms with E-state index in [0.717, 1.165) is 17.9 Å². The van der Waals surface area contributed by atoms with Crippen molar-refractivity contribution in [3.05, 3.63) is 29.8 Å². The fraction of sp³-hybridized carbons (Fsp3) is 0.682. The molecular formula is C22H33F3N2O2. The van der Waals surface area contributed by atoms with E-state index in [0.29, 0.717) is 12.4 Å². The predicted molar refractivity (Wildman–Crippen MR) is 107 cm³/mol. The maximum Gasteiger partial charge on any atom is 0.409 e. The van der Waals surface area contributed by atoms with Gasteiger partial charge in [0.1, 0.15) is 11.8 Å². The minimum absolute atomic E-state index is 0.00742. The Labute approximate surface area is 171 Å². The van der Waals surface area contributed by atoms with Gasteiger partial charge in [-0.25, -0.2) is 5.01 Å². The Hall–Kier alpha value is -1.76. The zero-order valence-electron chi connectivity index (χ0n) is 17.6. The molecule has 0 bridgehead atoms. The van der Waals surface area contributed by atoms with Crippen LogP contribution in [0.15, 0.2) is 24.3 Å². The average Bonchev–Trinajstić information content (AvgIpc) is 2.89. The van der Waals surface area contributed by atoms with Crippen LogP contribution in [-0.4, -0.2) is 30.2 Å². The molecule has 1 amide bonds. The molecule has 4 nitrogen and oxygen atoms in total. The van der Waals surface area contributed by atoms with Crippen molar-refractivity contribution in [3.8, 4) is 5.75 Å². The topological polar surface area (TPSA) is 41.6 Å². The lowest BCUT2D eigenvalue weighted by atomic mass is 9.93. The van der Waals surface area contributed by atoms with Gasteiger partial charge in [-0.3, -0.25) is 10.2 Å². The van der Waals surface area contributed by atoms with Gasteiger partial charge in [0.15, 0.2) is 0 Å². The van der Waals surface area contributed by atoms with Crippen LogP contribution in [0.25, 0.3) is 0 Å². The number of nitrogens with one attached hydrogen (secondary N) is 1. The Kier molecular flexibility index (Phi) is 8.37. The molecule has 0 aromatic heterocycles. The van der Waals surface area contributed by atoms with Crippen molar-refractivity contribution in [2.45, 2.75) is 77.9 Å². The standard InChI is InChI=1S/C22H33F3N2O2/c1-4-5-6-7-8-9-10-15-29-18-13-11-17(12-14-18)19(22(23,24)25)27-16-21(2,3)20(28)26-27/h11-14,19H,4-10,15-16H2,1-3H3,(H,26,28). The molecule has 1 heterocycles. The largest absolute Gasteiger partial charge is 0.494 e. The summed E-state index contributed by atoms with van der Waals surface area (Å²) in [5.74, 6) is 0.160. The molecule has 1 unspecified atom stereocenters. The highest BCUT2D eigenvalue weighted by atomic mass is 19.4. The van der Waals surface area contributed by atoms with E-state index in [9.17, 15) is 18.0 Å². The summed E-state index contributed by atoms with van der Waals surface area (Å²) >= 11 is 0. The number of alkyl halides is 3. The maximum atomic E-state index is 13.7. The number of hydrazine groups is 1. The van der Waals surface area contributed by atoms with Gasteiger partial charge in [0, 0.05) is 6.54 Å². The smallest absolute Gasteiger partial charge is 0.409 e. The first-order chi connectivity index (χ1) is 13.6. The highest BCUT2D eigenvalue weighted by molar-refractivity contribution is 5.83. The number of ether oxygens (including phenoxy) is 1. The second-order valence-corrected chi connectivity index (χ2v) is 8.44. The zero-order valence-corrected chi connectivity index (χ0v) is 17.6. The predicted octanol–water partition coefficient (Wildman–Crippen LogP) is 5.79. The number of nitrogens with zero attached hydrogens (tertiary/aromatic N) is 1. The Morgan fingerprint density at radius 3 is 2.17 bits per heavy atom. The second-order valence-electron chi connectivity index (χ2n) is 8.44. The molecule has 0 aliphatic carbocycles. The molecule has 0 spiro atoms. The minimum atomic E-state index is -4.51. The molecule has 1 N–H and O–H groups in total. The Morgan fingerprint density at radius 2 is 1.66 bits per heavy atom. The van der Waals surface area contributed by atoms with Crippen LogP contribution in [-0.2, 0) is 4.79 Å². The van der Waals surface area contributed by atoms with E-state index >= 15 is 0 Å². The molecule has 1 aromatic rings. The van der Waals surface area contributed by atoms with Gasteiger partial charge in [0.25, 0.3) is 0 Å². The average molecular weight is 415 g/mol. The van der Waals surface area contributed by atoms with E-state index in [1.807, 2.05) is 0 Å². The second kappa shape index (κ2) is 10.3. The number of unbranched alkanes of at least 4 members (excludes halogenated alkanes) is 6. The van der Waals surface area contributed by atoms with Gasteiger partial charge in [-0.1, -0.05) is 57.6 Å². The summed E-state index contributed by atoms with van der Waals surface area (Å²) in [7, 11) is 0. The van der Waals surface area contributed by atoms with Crippen molar-refractivity contribution >= 4 is 5.91 Å². The van der Waals surface area contributed by atoms with Crippen LogP contribution in [0.1, 0.15) is 77.3 Å². The van der Waals surface area contributed by atoms with Crippen molar-refractivity contribution in [1.82, 2.24) is 10.4 Å². The molecule has 1 aromatic carbocycles. The first kappa shape index (κ1) is 23.5. The lowest BCUT2D eigenvalue weighted by molar-refractivity contribution is -0.191. The Bertz CT molecular complexity index is 644. The molecule has 1 fully saturated rings. The monoisotopic (exact) mass is 414 g/mol. The summed E-state index contributed by atoms with van der Waals surface area (Å²) < 4.78 is 46.8. The van der Waals surface area contributed by atoms with Gasteiger partial charge in [0.2, 0.25) is 5.91 Å². The number of halogens is 3. The Balaban J connectivity index is 1.89. The van der Waals surface area contributed by atoms with E-state index in [1.165, 1.54) is 44.2 Å². The van der Waals surface area contributed by atoms with Crippen LogP contribution >= 0.6 is 0 Å². The van der Waals surface area contributed by atoms with Crippen molar-refractivity contribution in [2.24, 2.45) is 5.41 Å². The van der Waals surface area contributed by atoms with Gasteiger partial charge in [-0.15, -0.1) is 0 Å². The van der Waals surface area contributed by atoms with Crippen LogP contribution in [0.5, 0.6) is 5.75 Å². The first-order valence-corrected chi connectivity index (χ1v) is 10.5. The first-order valence-electron chi connectivity index (χ1n) is 10.5. The molecule has 164 valence electrons. The molecule has 1 saturated heterocycles. The highest BCUT2D eigenvalue weighted by Crippen LogP contribution is 2.40. The normalized spacial score (nSPS) is 17.9. The molecule has 1 aliphatic heterocycles. The number of hydrogen-bond donors (Lipinski definition) is 1. The summed E-state index contributed by atoms with van der Waals surface area (Å²) in [4.78, 5) is 11.9. The van der Waals surface area contributed by atoms with Gasteiger partial charge < -0.3 is 4.74 Å². The number of rotatable bonds is 11. The van der Waals surface area contributed by atoms with Crippen LogP contribution < -0.4 is 10.2 Å². The number of amides is 1. The number of hydrogen-bond acceptors (Lipinski definition) is 3. The van der Waals surface area contributed by atoms with Crippen LogP contribution in [0.4, 0.5) is 13.2 Å². The number of carbonyl (C=O) groups is 1. The fourth-order valence-corrected chi connectivity index (χ4v) is 3.52. The van der Waals surface area contributed by atoms with Gasteiger partial charge in [0.05, 0.1) is 12.0 Å². The van der Waals surface area contributed by atoms with Gasteiger partial charge in [-0.05, 0) is 38.0 Å². The molecular weight excluding hydrogens is 381 g/mol. The fourth-order valence-electron chi connectivity index (χ4n) is 3.52. The third kappa shape index (κ3) is 6.91. The third-order valence-corrected chi connectivity index (χ3v) is 5.26. The summed E-state index contributed by atoms with van der Waals surface area (Å²) in [6.07, 6.45) is 3.74. The quantitative estimate of drug-likeness (QED) is 0.466. The third-order valence-electron chi connectivity index (χ3n) is 5.26. The SMILES string of the molecule is CCCCCCCCCOc1ccc(C(N2CC(C)(C)C(=O)N2)C(F)(F)F)cc1. The van der Waals surface area contributed by atoms with Crippen molar-refractivity contribution in [3.63, 3.8) is 0 Å². The molecule has 2 rings (SSSR count). The summed E-state index contributed by atoms with van der Waals surface area (Å²) in [6.45, 7) is 6.02. The van der Waals surface area contributed by atoms with E-state index in [-0.39, 0.29) is 12.1 Å². The molecule has 0 saturated carbocycles. The summed E-state index contributed by atoms with van der Waals surface area (Å²) in [6, 6.07) is 4.10. The molecule has 1 atom stereocenters. The lowest BCUT2D eigenvalue weighted by Crippen LogP contribution is -2.43. The van der Waals surface area contributed by atoms with Crippen LogP contribution in [0.2, 0.25) is 0 Å². The van der Waals surface area contributed by atoms with Crippen molar-refractivity contribution < 1.29 is 22.7 Å². The van der Waals surface area contributed by atoms with Gasteiger partial charge in [-0.2, -0.15) is 13.2 Å². The molecule has 29 heavy (non-hydrogen) atoms. The van der Waals surface area contributed by atoms with Crippen LogP contribution in [0, 0.1) is 5.41 Å². The van der Waals surface area contributed by atoms with Crippen LogP contribution in [0.3, 0.4) is 0 Å². The molecule has 7 heteroatoms. The van der Waals surface area contributed by atoms with E-state index < -0.39 is 23.5 Å². The van der Waals surface area contributed by atoms with Crippen molar-refractivity contribution in [2.75, 3.05) is 13.2 Å². The summed E-state index contributed by atoms with van der Waals surface area (Å²) in [5.41, 5.74) is 1.60. The van der Waals surface area contributed by atoms with Crippen molar-refractivity contribution in [1.29, 1.82) is 0 Å². The zero-order chi connectivity index (χ0) is 21.5. The molecule has 0 radical (unpaired) electrons. The van der Waals surface area contributed by atoms with E-state index in [1.54, 1.807) is 26.0 Å². The lowest BCUT2D eigenvalue weighted by Gasteiger charge is -2.29. The Morgan fingerprint density at radius 1 is 1.07 bits per heavy atom. The maximum absolute atomic E-state index is 13.7. The van der Waals surface area contributed by atoms with E-state index in [2.05, 4.69) is 12.3 Å². The highest BCUT2D eigenvalue weighted by Gasteiger charge is 2.51. The van der Waals surface area contributed by atoms with E-state index in [4.69, 9.17) is 4.74 Å². The van der Waals surface area contributed by atoms with Gasteiger partial charge >= 0.3 is 6.18 Å². The number of carbonyl (C=O) groups excluding carboxylic acids is 1.